The van der Waals surface area contributed by atoms with Crippen LogP contribution in [0.2, 0.25) is 0 Å². The number of amides is 3. The number of aromatic nitrogens is 2. The maximum absolute atomic E-state index is 14.8. The van der Waals surface area contributed by atoms with E-state index in [4.69, 9.17) is 23.7 Å². The number of nitrogens with zero attached hydrogens (tertiary/aromatic N) is 5. The number of carbonyl (C=O) groups excluding carboxylic acids is 4. The molecule has 2 aromatic carbocycles. The van der Waals surface area contributed by atoms with Gasteiger partial charge in [-0.05, 0) is 38.8 Å². The third-order valence-corrected chi connectivity index (χ3v) is 11.5. The quantitative estimate of drug-likeness (QED) is 0.112. The molecule has 302 valence electrons. The fraction of sp³-hybridized carbons (Fsp3) is 0.487. The number of anilines is 1. The highest BCUT2D eigenvalue weighted by Crippen LogP contribution is 2.44. The third-order valence-electron chi connectivity index (χ3n) is 9.41. The Morgan fingerprint density at radius 1 is 0.911 bits per heavy atom. The summed E-state index contributed by atoms with van der Waals surface area (Å²) in [5.74, 6) is -0.898. The number of hydrogen-bond donors (Lipinski definition) is 2. The molecular weight excluding hydrogens is 741 g/mol. The fourth-order valence-corrected chi connectivity index (χ4v) is 8.44. The average molecular weight is 794 g/mol. The van der Waals surface area contributed by atoms with Gasteiger partial charge in [-0.3, -0.25) is 18.9 Å². The van der Waals surface area contributed by atoms with Crippen LogP contribution in [0.1, 0.15) is 50.5 Å². The summed E-state index contributed by atoms with van der Waals surface area (Å²) in [5.41, 5.74) is 0.668. The van der Waals surface area contributed by atoms with Crippen molar-refractivity contribution in [3.05, 3.63) is 72.4 Å². The molecule has 5 rings (SSSR count). The van der Waals surface area contributed by atoms with Gasteiger partial charge in [0, 0.05) is 58.0 Å². The molecule has 2 aliphatic rings. The number of hydrogen-bond acceptors (Lipinski definition) is 12. The molecule has 0 spiro atoms. The van der Waals surface area contributed by atoms with Crippen molar-refractivity contribution >= 4 is 37.2 Å². The van der Waals surface area contributed by atoms with E-state index in [0.29, 0.717) is 36.9 Å². The molecule has 17 heteroatoms. The summed E-state index contributed by atoms with van der Waals surface area (Å²) in [6, 6.07) is 16.6. The Bertz CT molecular complexity index is 1830. The molecule has 0 bridgehead atoms. The minimum absolute atomic E-state index is 0.00802. The van der Waals surface area contributed by atoms with Crippen LogP contribution >= 0.6 is 7.52 Å². The van der Waals surface area contributed by atoms with E-state index in [1.54, 1.807) is 50.4 Å². The lowest BCUT2D eigenvalue weighted by Gasteiger charge is -2.36. The van der Waals surface area contributed by atoms with Gasteiger partial charge in [0.1, 0.15) is 29.3 Å². The smallest absolute Gasteiger partial charge is 0.409 e. The summed E-state index contributed by atoms with van der Waals surface area (Å²) in [6.45, 7) is 7.41. The van der Waals surface area contributed by atoms with Crippen molar-refractivity contribution in [2.24, 2.45) is 0 Å². The average Bonchev–Trinajstić information content (AvgIpc) is 3.71. The Morgan fingerprint density at radius 2 is 1.59 bits per heavy atom. The number of unbranched alkanes of at least 4 members (excludes halogenated alkanes) is 1. The van der Waals surface area contributed by atoms with E-state index in [9.17, 15) is 23.7 Å². The number of carbonyl (C=O) groups is 4. The molecule has 56 heavy (non-hydrogen) atoms. The summed E-state index contributed by atoms with van der Waals surface area (Å²) < 4.78 is 37.0. The van der Waals surface area contributed by atoms with Gasteiger partial charge < -0.3 is 38.8 Å². The molecular formula is C39H52N7O9P. The molecule has 3 aromatic rings. The first-order valence-corrected chi connectivity index (χ1v) is 20.8. The zero-order valence-corrected chi connectivity index (χ0v) is 33.3. The van der Waals surface area contributed by atoms with Crippen molar-refractivity contribution in [3.8, 4) is 17.1 Å². The summed E-state index contributed by atoms with van der Waals surface area (Å²) in [4.78, 5) is 68.6. The van der Waals surface area contributed by atoms with Gasteiger partial charge in [-0.2, -0.15) is 0 Å². The number of esters is 1. The number of benzene rings is 2. The lowest BCUT2D eigenvalue weighted by atomic mass is 10.2. The molecule has 2 saturated heterocycles. The second-order valence-corrected chi connectivity index (χ2v) is 15.7. The van der Waals surface area contributed by atoms with E-state index in [2.05, 4.69) is 15.4 Å². The predicted molar refractivity (Wildman–Crippen MR) is 210 cm³/mol. The maximum Gasteiger partial charge on any atom is 0.409 e. The van der Waals surface area contributed by atoms with Crippen molar-refractivity contribution < 1.29 is 42.5 Å². The first-order chi connectivity index (χ1) is 27.0. The van der Waals surface area contributed by atoms with Gasteiger partial charge in [0.15, 0.2) is 5.82 Å². The number of ether oxygens (including phenoxy) is 3. The third kappa shape index (κ3) is 11.5. The molecule has 3 heterocycles. The summed E-state index contributed by atoms with van der Waals surface area (Å²) >= 11 is 0. The van der Waals surface area contributed by atoms with E-state index in [1.807, 2.05) is 42.2 Å². The summed E-state index contributed by atoms with van der Waals surface area (Å²) in [7, 11) is -2.52. The lowest BCUT2D eigenvalue weighted by Crippen LogP contribution is -2.57. The van der Waals surface area contributed by atoms with Crippen LogP contribution in [0.25, 0.3) is 11.4 Å². The van der Waals surface area contributed by atoms with Crippen LogP contribution in [0.3, 0.4) is 0 Å². The van der Waals surface area contributed by atoms with Crippen molar-refractivity contribution in [1.82, 2.24) is 30.2 Å². The number of piperazine rings is 1. The normalized spacial score (nSPS) is 17.7. The van der Waals surface area contributed by atoms with Crippen LogP contribution in [0.5, 0.6) is 5.75 Å². The van der Waals surface area contributed by atoms with E-state index >= 15 is 0 Å². The molecule has 0 radical (unpaired) electrons. The SMILES string of the molecule is CCCCOC(=O)N1CCN(C(=O)[C@H](CP(=O)(N[C@@H](C)C(=O)OCC)Oc2ccccc2)NC(=O)c2cc(N3CC[C@H](OC)C3)nc(-c3ccccc3)n2)CC1. The highest BCUT2D eigenvalue weighted by atomic mass is 31.2. The fourth-order valence-electron chi connectivity index (χ4n) is 6.32. The number of methoxy groups -OCH3 is 1. The Hall–Kier alpha value is -5.05. The van der Waals surface area contributed by atoms with Crippen molar-refractivity contribution in [2.75, 3.05) is 70.7 Å². The first-order valence-electron chi connectivity index (χ1n) is 19.0. The number of rotatable bonds is 17. The van der Waals surface area contributed by atoms with Crippen molar-refractivity contribution in [3.63, 3.8) is 0 Å². The van der Waals surface area contributed by atoms with Crippen LogP contribution in [0.4, 0.5) is 10.6 Å². The molecule has 4 atom stereocenters. The maximum atomic E-state index is 14.8. The Kier molecular flexibility index (Phi) is 15.2. The Balaban J connectivity index is 1.47. The van der Waals surface area contributed by atoms with Crippen LogP contribution in [0.15, 0.2) is 66.7 Å². The molecule has 2 N–H and O–H groups in total. The van der Waals surface area contributed by atoms with Gasteiger partial charge in [-0.25, -0.2) is 19.8 Å². The van der Waals surface area contributed by atoms with Crippen LogP contribution in [0, 0.1) is 0 Å². The van der Waals surface area contributed by atoms with Crippen molar-refractivity contribution in [1.29, 1.82) is 0 Å². The van der Waals surface area contributed by atoms with Crippen LogP contribution in [-0.2, 0) is 28.4 Å². The van der Waals surface area contributed by atoms with Crippen LogP contribution in [-0.4, -0.2) is 128 Å². The van der Waals surface area contributed by atoms with E-state index in [-0.39, 0.29) is 50.3 Å². The predicted octanol–water partition coefficient (Wildman–Crippen LogP) is 4.36. The molecule has 2 fully saturated rings. The highest BCUT2D eigenvalue weighted by Gasteiger charge is 2.40. The van der Waals surface area contributed by atoms with Gasteiger partial charge in [0.05, 0.1) is 25.5 Å². The monoisotopic (exact) mass is 793 g/mol. The van der Waals surface area contributed by atoms with E-state index in [1.165, 1.54) is 16.7 Å². The lowest BCUT2D eigenvalue weighted by molar-refractivity contribution is -0.144. The summed E-state index contributed by atoms with van der Waals surface area (Å²) in [6.07, 6.45) is 1.39. The van der Waals surface area contributed by atoms with E-state index < -0.39 is 49.6 Å². The Morgan fingerprint density at radius 3 is 2.23 bits per heavy atom. The minimum Gasteiger partial charge on any atom is -0.465 e. The van der Waals surface area contributed by atoms with Crippen molar-refractivity contribution in [2.45, 2.75) is 58.2 Å². The molecule has 2 aliphatic heterocycles. The molecule has 16 nitrogen and oxygen atoms in total. The molecule has 3 amide bonds. The van der Waals surface area contributed by atoms with E-state index in [0.717, 1.165) is 19.3 Å². The van der Waals surface area contributed by atoms with Crippen LogP contribution < -0.4 is 19.8 Å². The van der Waals surface area contributed by atoms with Gasteiger partial charge in [-0.15, -0.1) is 0 Å². The zero-order valence-electron chi connectivity index (χ0n) is 32.4. The number of nitrogens with one attached hydrogen (secondary N) is 2. The number of para-hydroxylation sites is 1. The summed E-state index contributed by atoms with van der Waals surface area (Å²) in [5, 5.41) is 5.59. The highest BCUT2D eigenvalue weighted by molar-refractivity contribution is 7.57. The molecule has 1 unspecified atom stereocenters. The van der Waals surface area contributed by atoms with Gasteiger partial charge in [-0.1, -0.05) is 61.9 Å². The van der Waals surface area contributed by atoms with Gasteiger partial charge in [0.25, 0.3) is 5.91 Å². The van der Waals surface area contributed by atoms with Gasteiger partial charge >= 0.3 is 19.6 Å². The van der Waals surface area contributed by atoms with Gasteiger partial charge in [0.2, 0.25) is 5.91 Å². The second-order valence-electron chi connectivity index (χ2n) is 13.6. The second kappa shape index (κ2) is 20.2. The zero-order chi connectivity index (χ0) is 40.1. The standard InChI is InChI=1S/C39H52N7O9P/c1-5-7-24-54-39(50)45-22-20-44(21-23-45)37(48)33(27-56(51,43-28(3)38(49)53-6-2)55-30-16-12-9-13-17-30)41-36(47)32-25-34(46-19-18-31(26-46)52-4)42-35(40-32)29-14-10-8-11-15-29/h8-17,25,28,31,33H,5-7,18-24,26-27H2,1-4H3,(H,41,47)(H,43,51)/t28-,31-,33-,56?/m0/s1. The first kappa shape index (κ1) is 42.1. The topological polar surface area (TPSA) is 182 Å². The molecule has 0 aliphatic carbocycles. The molecule has 1 aromatic heterocycles. The minimum atomic E-state index is -4.17. The Labute approximate surface area is 327 Å². The largest absolute Gasteiger partial charge is 0.465 e. The molecule has 0 saturated carbocycles.